The van der Waals surface area contributed by atoms with Gasteiger partial charge in [0.2, 0.25) is 0 Å². The summed E-state index contributed by atoms with van der Waals surface area (Å²) in [6, 6.07) is 11.6. The lowest BCUT2D eigenvalue weighted by atomic mass is 10.1. The molecule has 1 aromatic heterocycles. The Morgan fingerprint density at radius 1 is 1.21 bits per heavy atom. The summed E-state index contributed by atoms with van der Waals surface area (Å²) in [5.74, 6) is -0.0981. The summed E-state index contributed by atoms with van der Waals surface area (Å²) in [7, 11) is 1.66. The summed E-state index contributed by atoms with van der Waals surface area (Å²) >= 11 is 0. The van der Waals surface area contributed by atoms with Crippen LogP contribution in [0.3, 0.4) is 0 Å². The average Bonchev–Trinajstić information content (AvgIpc) is 2.96. The van der Waals surface area contributed by atoms with Crippen molar-refractivity contribution in [3.05, 3.63) is 42.0 Å². The molecule has 4 rings (SSSR count). The quantitative estimate of drug-likeness (QED) is 0.794. The standard InChI is InChI=1S/C19H19NO4/c1-23-17-4-2-3-15-18(17)14-6-5-12(19(21)22)11-16(14)20(15)13-7-9-24-10-8-13/h2-6,11,13H,7-10H2,1H3,(H,21,22). The van der Waals surface area contributed by atoms with E-state index in [2.05, 4.69) is 10.6 Å². The van der Waals surface area contributed by atoms with Gasteiger partial charge in [-0.2, -0.15) is 0 Å². The highest BCUT2D eigenvalue weighted by Gasteiger charge is 2.23. The molecule has 124 valence electrons. The first-order valence-electron chi connectivity index (χ1n) is 8.12. The van der Waals surface area contributed by atoms with E-state index in [9.17, 15) is 9.90 Å². The summed E-state index contributed by atoms with van der Waals surface area (Å²) in [6.07, 6.45) is 1.85. The Morgan fingerprint density at radius 3 is 2.71 bits per heavy atom. The van der Waals surface area contributed by atoms with Gasteiger partial charge in [-0.05, 0) is 37.1 Å². The number of aromatic carboxylic acids is 1. The van der Waals surface area contributed by atoms with E-state index in [0.717, 1.165) is 53.6 Å². The number of aromatic nitrogens is 1. The van der Waals surface area contributed by atoms with Crippen LogP contribution in [0.2, 0.25) is 0 Å². The van der Waals surface area contributed by atoms with E-state index in [4.69, 9.17) is 9.47 Å². The first-order valence-corrected chi connectivity index (χ1v) is 8.12. The monoisotopic (exact) mass is 325 g/mol. The number of ether oxygens (including phenoxy) is 2. The maximum atomic E-state index is 11.4. The van der Waals surface area contributed by atoms with Crippen LogP contribution < -0.4 is 4.74 Å². The Balaban J connectivity index is 2.08. The number of carbonyl (C=O) groups is 1. The topological polar surface area (TPSA) is 60.7 Å². The Bertz CT molecular complexity index is 922. The largest absolute Gasteiger partial charge is 0.496 e. The highest BCUT2D eigenvalue weighted by atomic mass is 16.5. The van der Waals surface area contributed by atoms with Gasteiger partial charge in [-0.25, -0.2) is 4.79 Å². The van der Waals surface area contributed by atoms with Crippen LogP contribution in [0.1, 0.15) is 29.2 Å². The zero-order valence-electron chi connectivity index (χ0n) is 13.5. The maximum absolute atomic E-state index is 11.4. The molecule has 0 amide bonds. The van der Waals surface area contributed by atoms with Gasteiger partial charge in [0.05, 0.1) is 23.7 Å². The molecule has 0 unspecified atom stereocenters. The van der Waals surface area contributed by atoms with Crippen molar-refractivity contribution in [2.75, 3.05) is 20.3 Å². The molecule has 2 heterocycles. The molecule has 1 N–H and O–H groups in total. The molecule has 5 nitrogen and oxygen atoms in total. The van der Waals surface area contributed by atoms with Gasteiger partial charge in [0.25, 0.3) is 0 Å². The molecule has 5 heteroatoms. The molecule has 24 heavy (non-hydrogen) atoms. The number of methoxy groups -OCH3 is 1. The van der Waals surface area contributed by atoms with Crippen molar-refractivity contribution in [2.45, 2.75) is 18.9 Å². The lowest BCUT2D eigenvalue weighted by Crippen LogP contribution is -2.19. The van der Waals surface area contributed by atoms with Crippen LogP contribution in [0.15, 0.2) is 36.4 Å². The van der Waals surface area contributed by atoms with Crippen molar-refractivity contribution in [3.63, 3.8) is 0 Å². The summed E-state index contributed by atoms with van der Waals surface area (Å²) in [4.78, 5) is 11.4. The maximum Gasteiger partial charge on any atom is 0.335 e. The fourth-order valence-corrected chi connectivity index (χ4v) is 3.70. The zero-order chi connectivity index (χ0) is 16.7. The van der Waals surface area contributed by atoms with Crippen LogP contribution in [-0.4, -0.2) is 36.0 Å². The molecule has 1 saturated heterocycles. The number of fused-ring (bicyclic) bond motifs is 3. The summed E-state index contributed by atoms with van der Waals surface area (Å²) in [5.41, 5.74) is 2.33. The second-order valence-corrected chi connectivity index (χ2v) is 6.11. The van der Waals surface area contributed by atoms with Gasteiger partial charge in [0.15, 0.2) is 0 Å². The van der Waals surface area contributed by atoms with Crippen molar-refractivity contribution in [1.29, 1.82) is 0 Å². The molecule has 0 atom stereocenters. The van der Waals surface area contributed by atoms with Crippen LogP contribution >= 0.6 is 0 Å². The molecule has 0 radical (unpaired) electrons. The summed E-state index contributed by atoms with van der Waals surface area (Å²) in [5, 5.41) is 11.4. The predicted molar refractivity (Wildman–Crippen MR) is 92.0 cm³/mol. The molecule has 2 aromatic carbocycles. The molecule has 1 aliphatic rings. The van der Waals surface area contributed by atoms with Gasteiger partial charge in [-0.3, -0.25) is 0 Å². The second-order valence-electron chi connectivity index (χ2n) is 6.11. The van der Waals surface area contributed by atoms with E-state index in [1.165, 1.54) is 0 Å². The van der Waals surface area contributed by atoms with Gasteiger partial charge in [-0.15, -0.1) is 0 Å². The van der Waals surface area contributed by atoms with Crippen molar-refractivity contribution in [1.82, 2.24) is 4.57 Å². The summed E-state index contributed by atoms with van der Waals surface area (Å²) < 4.78 is 13.3. The minimum absolute atomic E-state index is 0.301. The van der Waals surface area contributed by atoms with Gasteiger partial charge >= 0.3 is 5.97 Å². The normalized spacial score (nSPS) is 15.9. The highest BCUT2D eigenvalue weighted by Crippen LogP contribution is 2.39. The van der Waals surface area contributed by atoms with Crippen LogP contribution in [-0.2, 0) is 4.74 Å². The number of carboxylic acid groups (broad SMARTS) is 1. The third-order valence-electron chi connectivity index (χ3n) is 4.81. The molecule has 1 aliphatic heterocycles. The Kier molecular flexibility index (Phi) is 3.65. The zero-order valence-corrected chi connectivity index (χ0v) is 13.5. The number of hydrogen-bond donors (Lipinski definition) is 1. The first-order chi connectivity index (χ1) is 11.7. The van der Waals surface area contributed by atoms with Gasteiger partial charge in [0, 0.05) is 30.0 Å². The smallest absolute Gasteiger partial charge is 0.335 e. The van der Waals surface area contributed by atoms with Crippen molar-refractivity contribution in [2.24, 2.45) is 0 Å². The van der Waals surface area contributed by atoms with Crippen LogP contribution in [0.25, 0.3) is 21.8 Å². The summed E-state index contributed by atoms with van der Waals surface area (Å²) in [6.45, 7) is 1.46. The molecule has 0 bridgehead atoms. The Labute approximate surface area is 139 Å². The highest BCUT2D eigenvalue weighted by molar-refractivity contribution is 6.12. The van der Waals surface area contributed by atoms with Crippen molar-refractivity contribution in [3.8, 4) is 5.75 Å². The SMILES string of the molecule is COc1cccc2c1c1ccc(C(=O)O)cc1n2C1CCOCC1. The fraction of sp³-hybridized carbons (Fsp3) is 0.316. The van der Waals surface area contributed by atoms with Crippen LogP contribution in [0, 0.1) is 0 Å². The minimum Gasteiger partial charge on any atom is -0.496 e. The van der Waals surface area contributed by atoms with Crippen molar-refractivity contribution < 1.29 is 19.4 Å². The van der Waals surface area contributed by atoms with Crippen LogP contribution in [0.5, 0.6) is 5.75 Å². The number of hydrogen-bond acceptors (Lipinski definition) is 3. The van der Waals surface area contributed by atoms with E-state index in [1.54, 1.807) is 19.2 Å². The predicted octanol–water partition coefficient (Wildman–Crippen LogP) is 3.85. The van der Waals surface area contributed by atoms with Gasteiger partial charge in [-0.1, -0.05) is 12.1 Å². The Morgan fingerprint density at radius 2 is 2.00 bits per heavy atom. The van der Waals surface area contributed by atoms with E-state index in [-0.39, 0.29) is 0 Å². The molecule has 0 saturated carbocycles. The lowest BCUT2D eigenvalue weighted by molar-refractivity contribution is 0.0694. The number of rotatable bonds is 3. The van der Waals surface area contributed by atoms with E-state index < -0.39 is 5.97 Å². The Hall–Kier alpha value is -2.53. The number of benzene rings is 2. The van der Waals surface area contributed by atoms with Gasteiger partial charge < -0.3 is 19.1 Å². The molecule has 3 aromatic rings. The van der Waals surface area contributed by atoms with Gasteiger partial charge in [0.1, 0.15) is 5.75 Å². The molecule has 0 spiro atoms. The average molecular weight is 325 g/mol. The first kappa shape index (κ1) is 15.0. The third-order valence-corrected chi connectivity index (χ3v) is 4.81. The lowest BCUT2D eigenvalue weighted by Gasteiger charge is -2.25. The van der Waals surface area contributed by atoms with Crippen LogP contribution in [0.4, 0.5) is 0 Å². The molecule has 0 aliphatic carbocycles. The molecular weight excluding hydrogens is 306 g/mol. The molecule has 1 fully saturated rings. The number of carboxylic acids is 1. The minimum atomic E-state index is -0.910. The third kappa shape index (κ3) is 2.24. The number of nitrogens with zero attached hydrogens (tertiary/aromatic N) is 1. The molecular formula is C19H19NO4. The van der Waals surface area contributed by atoms with E-state index >= 15 is 0 Å². The van der Waals surface area contributed by atoms with E-state index in [1.807, 2.05) is 18.2 Å². The fourth-order valence-electron chi connectivity index (χ4n) is 3.70. The van der Waals surface area contributed by atoms with E-state index in [0.29, 0.717) is 11.6 Å². The van der Waals surface area contributed by atoms with Crippen molar-refractivity contribution >= 4 is 27.8 Å². The second kappa shape index (κ2) is 5.83.